The molecular weight excluding hydrogens is 410 g/mol. The monoisotopic (exact) mass is 437 g/mol. The van der Waals surface area contributed by atoms with Crippen molar-refractivity contribution in [3.05, 3.63) is 59.5 Å². The number of fused-ring (bicyclic) bond motifs is 3. The molecule has 162 valence electrons. The van der Waals surface area contributed by atoms with Crippen molar-refractivity contribution >= 4 is 29.3 Å². The number of thioether (sulfide) groups is 1. The van der Waals surface area contributed by atoms with E-state index in [1.807, 2.05) is 54.2 Å². The van der Waals surface area contributed by atoms with Crippen molar-refractivity contribution in [3.63, 3.8) is 0 Å². The number of hydrogen-bond donors (Lipinski definition) is 1. The average Bonchev–Trinajstić information content (AvgIpc) is 3.34. The number of para-hydroxylation sites is 2. The van der Waals surface area contributed by atoms with Gasteiger partial charge in [-0.15, -0.1) is 0 Å². The molecule has 0 bridgehead atoms. The summed E-state index contributed by atoms with van der Waals surface area (Å²) in [5.41, 5.74) is 4.96. The number of hydrogen-bond acceptors (Lipinski definition) is 4. The molecule has 1 N–H and O–H groups in total. The van der Waals surface area contributed by atoms with Gasteiger partial charge in [-0.1, -0.05) is 23.9 Å². The number of benzene rings is 1. The van der Waals surface area contributed by atoms with Gasteiger partial charge >= 0.3 is 0 Å². The van der Waals surface area contributed by atoms with Crippen molar-refractivity contribution in [2.75, 3.05) is 23.7 Å². The van der Waals surface area contributed by atoms with E-state index >= 15 is 0 Å². The summed E-state index contributed by atoms with van der Waals surface area (Å²) >= 11 is 1.49. The standard InChI is InChI=1S/C23H27N5O2S/c1-4-28-17(3)18(16(2)25-28)11-12-24-21(29)14-27-20-9-6-5-8-19(20)26-13-7-10-23(26)31-15-22(27)30/h5-10,13H,4,11-12,14-15H2,1-3H3,(H,24,29). The maximum atomic E-state index is 12.9. The maximum Gasteiger partial charge on any atom is 0.240 e. The lowest BCUT2D eigenvalue weighted by Crippen LogP contribution is -2.43. The molecule has 1 aromatic carbocycles. The summed E-state index contributed by atoms with van der Waals surface area (Å²) in [5, 5.41) is 8.53. The Hall–Kier alpha value is -3.00. The third kappa shape index (κ3) is 4.25. The summed E-state index contributed by atoms with van der Waals surface area (Å²) < 4.78 is 4.05. The molecule has 0 spiro atoms. The number of carbonyl (C=O) groups excluding carboxylic acids is 2. The Morgan fingerprint density at radius 2 is 1.94 bits per heavy atom. The van der Waals surface area contributed by atoms with Crippen LogP contribution < -0.4 is 10.2 Å². The van der Waals surface area contributed by atoms with Gasteiger partial charge in [0, 0.05) is 25.0 Å². The van der Waals surface area contributed by atoms with Crippen LogP contribution in [0.25, 0.3) is 5.69 Å². The number of nitrogens with one attached hydrogen (secondary N) is 1. The number of rotatable bonds is 6. The van der Waals surface area contributed by atoms with Gasteiger partial charge in [-0.3, -0.25) is 14.3 Å². The van der Waals surface area contributed by atoms with Crippen LogP contribution in [0.15, 0.2) is 47.6 Å². The zero-order chi connectivity index (χ0) is 22.0. The summed E-state index contributed by atoms with van der Waals surface area (Å²) in [7, 11) is 0. The quantitative estimate of drug-likeness (QED) is 0.643. The molecule has 0 radical (unpaired) electrons. The van der Waals surface area contributed by atoms with Crippen LogP contribution in [0.4, 0.5) is 5.69 Å². The number of aromatic nitrogens is 3. The Labute approximate surface area is 186 Å². The highest BCUT2D eigenvalue weighted by Gasteiger charge is 2.25. The van der Waals surface area contributed by atoms with E-state index in [9.17, 15) is 9.59 Å². The van der Waals surface area contributed by atoms with Crippen molar-refractivity contribution in [2.24, 2.45) is 0 Å². The van der Waals surface area contributed by atoms with Crippen molar-refractivity contribution in [1.29, 1.82) is 0 Å². The predicted molar refractivity (Wildman–Crippen MR) is 123 cm³/mol. The molecule has 4 rings (SSSR count). The molecule has 3 aromatic rings. The van der Waals surface area contributed by atoms with Crippen LogP contribution in [0.1, 0.15) is 23.9 Å². The second-order valence-corrected chi connectivity index (χ2v) is 8.53. The predicted octanol–water partition coefficient (Wildman–Crippen LogP) is 3.11. The minimum Gasteiger partial charge on any atom is -0.354 e. The lowest BCUT2D eigenvalue weighted by Gasteiger charge is -2.27. The first kappa shape index (κ1) is 21.2. The molecule has 1 aliphatic heterocycles. The van der Waals surface area contributed by atoms with E-state index in [2.05, 4.69) is 28.8 Å². The van der Waals surface area contributed by atoms with Gasteiger partial charge < -0.3 is 14.8 Å². The second kappa shape index (κ2) is 9.01. The number of nitrogens with zero attached hydrogens (tertiary/aromatic N) is 4. The SMILES string of the molecule is CCn1nc(C)c(CCNC(=O)CN2C(=O)CSc3cccn3-c3ccccc32)c1C. The number of aryl methyl sites for hydroxylation is 2. The van der Waals surface area contributed by atoms with E-state index in [0.29, 0.717) is 12.3 Å². The fourth-order valence-electron chi connectivity index (χ4n) is 4.03. The van der Waals surface area contributed by atoms with Crippen LogP contribution in [0, 0.1) is 13.8 Å². The molecule has 2 amide bonds. The second-order valence-electron chi connectivity index (χ2n) is 7.54. The topological polar surface area (TPSA) is 72.2 Å². The average molecular weight is 438 g/mol. The maximum absolute atomic E-state index is 12.9. The van der Waals surface area contributed by atoms with Crippen LogP contribution in [0.2, 0.25) is 0 Å². The van der Waals surface area contributed by atoms with Crippen molar-refractivity contribution in [1.82, 2.24) is 19.7 Å². The van der Waals surface area contributed by atoms with Gasteiger partial charge in [0.1, 0.15) is 6.54 Å². The van der Waals surface area contributed by atoms with E-state index in [-0.39, 0.29) is 18.4 Å². The zero-order valence-electron chi connectivity index (χ0n) is 18.1. The third-order valence-electron chi connectivity index (χ3n) is 5.62. The van der Waals surface area contributed by atoms with Crippen LogP contribution in [-0.4, -0.2) is 45.0 Å². The normalized spacial score (nSPS) is 13.4. The molecule has 3 heterocycles. The molecule has 0 saturated heterocycles. The highest BCUT2D eigenvalue weighted by molar-refractivity contribution is 7.99. The molecule has 1 aliphatic rings. The molecular formula is C23H27N5O2S. The summed E-state index contributed by atoms with van der Waals surface area (Å²) in [5.74, 6) is 0.0517. The van der Waals surface area contributed by atoms with Gasteiger partial charge in [0.05, 0.1) is 27.8 Å². The molecule has 7 nitrogen and oxygen atoms in total. The highest BCUT2D eigenvalue weighted by atomic mass is 32.2. The number of carbonyl (C=O) groups is 2. The lowest BCUT2D eigenvalue weighted by molar-refractivity contribution is -0.122. The minimum atomic E-state index is -0.167. The molecule has 0 unspecified atom stereocenters. The fraction of sp³-hybridized carbons (Fsp3) is 0.348. The van der Waals surface area contributed by atoms with E-state index in [0.717, 1.165) is 40.8 Å². The van der Waals surface area contributed by atoms with Crippen LogP contribution in [0.5, 0.6) is 0 Å². The fourth-order valence-corrected chi connectivity index (χ4v) is 4.93. The molecule has 31 heavy (non-hydrogen) atoms. The Bertz CT molecular complexity index is 1120. The summed E-state index contributed by atoms with van der Waals surface area (Å²) in [4.78, 5) is 27.3. The van der Waals surface area contributed by atoms with E-state index in [1.54, 1.807) is 4.90 Å². The molecule has 0 saturated carbocycles. The molecule has 2 aromatic heterocycles. The largest absolute Gasteiger partial charge is 0.354 e. The van der Waals surface area contributed by atoms with Gasteiger partial charge in [-0.2, -0.15) is 5.10 Å². The van der Waals surface area contributed by atoms with Crippen molar-refractivity contribution in [2.45, 2.75) is 38.8 Å². The van der Waals surface area contributed by atoms with Crippen LogP contribution >= 0.6 is 11.8 Å². The smallest absolute Gasteiger partial charge is 0.240 e. The van der Waals surface area contributed by atoms with E-state index in [1.165, 1.54) is 17.3 Å². The number of amides is 2. The lowest BCUT2D eigenvalue weighted by atomic mass is 10.1. The Kier molecular flexibility index (Phi) is 6.18. The first-order valence-corrected chi connectivity index (χ1v) is 11.5. The number of anilines is 1. The summed E-state index contributed by atoms with van der Waals surface area (Å²) in [6.45, 7) is 7.47. The van der Waals surface area contributed by atoms with Gasteiger partial charge in [-0.25, -0.2) is 0 Å². The molecule has 0 atom stereocenters. The van der Waals surface area contributed by atoms with Crippen LogP contribution in [0.3, 0.4) is 0 Å². The zero-order valence-corrected chi connectivity index (χ0v) is 18.9. The Morgan fingerprint density at radius 3 is 2.68 bits per heavy atom. The van der Waals surface area contributed by atoms with Crippen LogP contribution in [-0.2, 0) is 22.6 Å². The van der Waals surface area contributed by atoms with Crippen molar-refractivity contribution < 1.29 is 9.59 Å². The highest BCUT2D eigenvalue weighted by Crippen LogP contribution is 2.32. The van der Waals surface area contributed by atoms with Crippen molar-refractivity contribution in [3.8, 4) is 5.69 Å². The van der Waals surface area contributed by atoms with Gasteiger partial charge in [0.15, 0.2) is 0 Å². The van der Waals surface area contributed by atoms with Gasteiger partial charge in [0.2, 0.25) is 11.8 Å². The first-order chi connectivity index (χ1) is 15.0. The molecule has 0 fully saturated rings. The molecule has 0 aliphatic carbocycles. The van der Waals surface area contributed by atoms with E-state index in [4.69, 9.17) is 0 Å². The van der Waals surface area contributed by atoms with Gasteiger partial charge in [-0.05, 0) is 57.0 Å². The Balaban J connectivity index is 1.47. The van der Waals surface area contributed by atoms with Gasteiger partial charge in [0.25, 0.3) is 0 Å². The Morgan fingerprint density at radius 1 is 1.16 bits per heavy atom. The minimum absolute atomic E-state index is 0.000799. The first-order valence-electron chi connectivity index (χ1n) is 10.5. The third-order valence-corrected chi connectivity index (χ3v) is 6.64. The van der Waals surface area contributed by atoms with E-state index < -0.39 is 0 Å². The molecule has 8 heteroatoms. The summed E-state index contributed by atoms with van der Waals surface area (Å²) in [6.07, 6.45) is 2.70. The summed E-state index contributed by atoms with van der Waals surface area (Å²) in [6, 6.07) is 11.7.